The van der Waals surface area contributed by atoms with Crippen LogP contribution in [0.15, 0.2) is 23.1 Å². The highest BCUT2D eigenvalue weighted by Crippen LogP contribution is 2.28. The lowest BCUT2D eigenvalue weighted by Crippen LogP contribution is -2.40. The van der Waals surface area contributed by atoms with Crippen molar-refractivity contribution in [3.63, 3.8) is 0 Å². The van der Waals surface area contributed by atoms with E-state index in [0.717, 1.165) is 4.31 Å². The molecule has 0 aromatic heterocycles. The maximum absolute atomic E-state index is 12.7. The highest BCUT2D eigenvalue weighted by Gasteiger charge is 2.28. The van der Waals surface area contributed by atoms with Crippen molar-refractivity contribution in [2.24, 2.45) is 0 Å². The molecule has 0 saturated heterocycles. The van der Waals surface area contributed by atoms with E-state index in [4.69, 9.17) is 10.5 Å². The number of ether oxygens (including phenoxy) is 1. The molecule has 0 aliphatic rings. The van der Waals surface area contributed by atoms with Crippen molar-refractivity contribution in [3.05, 3.63) is 18.2 Å². The zero-order valence-corrected chi connectivity index (χ0v) is 13.5. The third-order valence-electron chi connectivity index (χ3n) is 2.97. The third-order valence-corrected chi connectivity index (χ3v) is 4.91. The average Bonchev–Trinajstić information content (AvgIpc) is 2.43. The standard InChI is InChI=1S/C13H21N3O4S/c1-5-16(9-13(17)15(2)3)21(18,19)12-8-10(14)6-7-11(12)20-4/h6-8H,5,9,14H2,1-4H3. The zero-order chi connectivity index (χ0) is 16.2. The third kappa shape index (κ3) is 3.85. The molecular formula is C13H21N3O4S. The molecule has 0 radical (unpaired) electrons. The Morgan fingerprint density at radius 1 is 1.33 bits per heavy atom. The monoisotopic (exact) mass is 315 g/mol. The predicted octanol–water partition coefficient (Wildman–Crippen LogP) is 0.376. The Hall–Kier alpha value is -1.80. The van der Waals surface area contributed by atoms with E-state index in [2.05, 4.69) is 0 Å². The van der Waals surface area contributed by atoms with Gasteiger partial charge in [-0.15, -0.1) is 0 Å². The normalized spacial score (nSPS) is 11.5. The molecule has 8 heteroatoms. The topological polar surface area (TPSA) is 92.9 Å². The van der Waals surface area contributed by atoms with Gasteiger partial charge in [-0.3, -0.25) is 4.79 Å². The number of anilines is 1. The van der Waals surface area contributed by atoms with Crippen LogP contribution in [0, 0.1) is 0 Å². The van der Waals surface area contributed by atoms with Crippen LogP contribution >= 0.6 is 0 Å². The summed E-state index contributed by atoms with van der Waals surface area (Å²) in [6, 6.07) is 4.37. The first kappa shape index (κ1) is 17.3. The molecule has 1 rings (SSSR count). The molecule has 21 heavy (non-hydrogen) atoms. The first-order valence-electron chi connectivity index (χ1n) is 6.37. The Bertz CT molecular complexity index is 614. The molecule has 1 aromatic carbocycles. The summed E-state index contributed by atoms with van der Waals surface area (Å²) in [5, 5.41) is 0. The molecule has 0 bridgehead atoms. The van der Waals surface area contributed by atoms with E-state index in [1.54, 1.807) is 27.1 Å². The van der Waals surface area contributed by atoms with Crippen LogP contribution in [-0.4, -0.2) is 57.8 Å². The molecular weight excluding hydrogens is 294 g/mol. The van der Waals surface area contributed by atoms with Gasteiger partial charge < -0.3 is 15.4 Å². The van der Waals surface area contributed by atoms with Gasteiger partial charge >= 0.3 is 0 Å². The molecule has 0 aliphatic carbocycles. The fourth-order valence-electron chi connectivity index (χ4n) is 1.69. The molecule has 0 fully saturated rings. The Kier molecular flexibility index (Phi) is 5.56. The fourth-order valence-corrected chi connectivity index (χ4v) is 3.28. The number of nitrogen functional groups attached to an aromatic ring is 1. The highest BCUT2D eigenvalue weighted by molar-refractivity contribution is 7.89. The number of sulfonamides is 1. The van der Waals surface area contributed by atoms with Crippen LogP contribution in [0.3, 0.4) is 0 Å². The summed E-state index contributed by atoms with van der Waals surface area (Å²) in [7, 11) is 0.663. The number of hydrogen-bond donors (Lipinski definition) is 1. The molecule has 0 unspecified atom stereocenters. The Labute approximate surface area is 125 Å². The molecule has 2 N–H and O–H groups in total. The lowest BCUT2D eigenvalue weighted by molar-refractivity contribution is -0.128. The van der Waals surface area contributed by atoms with E-state index in [9.17, 15) is 13.2 Å². The second kappa shape index (κ2) is 6.77. The van der Waals surface area contributed by atoms with Crippen LogP contribution in [0.4, 0.5) is 5.69 Å². The smallest absolute Gasteiger partial charge is 0.247 e. The SMILES string of the molecule is CCN(CC(=O)N(C)C)S(=O)(=O)c1cc(N)ccc1OC. The predicted molar refractivity (Wildman–Crippen MR) is 80.5 cm³/mol. The molecule has 1 aromatic rings. The zero-order valence-electron chi connectivity index (χ0n) is 12.7. The van der Waals surface area contributed by atoms with Gasteiger partial charge in [0.25, 0.3) is 0 Å². The maximum Gasteiger partial charge on any atom is 0.247 e. The number of hydrogen-bond acceptors (Lipinski definition) is 5. The molecule has 0 spiro atoms. The Morgan fingerprint density at radius 3 is 2.43 bits per heavy atom. The molecule has 7 nitrogen and oxygen atoms in total. The van der Waals surface area contributed by atoms with Gasteiger partial charge in [-0.05, 0) is 18.2 Å². The second-order valence-corrected chi connectivity index (χ2v) is 6.54. The molecule has 0 atom stereocenters. The summed E-state index contributed by atoms with van der Waals surface area (Å²) >= 11 is 0. The molecule has 1 amide bonds. The van der Waals surface area contributed by atoms with Gasteiger partial charge in [0.2, 0.25) is 15.9 Å². The van der Waals surface area contributed by atoms with Gasteiger partial charge in [-0.2, -0.15) is 4.31 Å². The number of amides is 1. The van der Waals surface area contributed by atoms with Crippen molar-refractivity contribution in [1.29, 1.82) is 0 Å². The van der Waals surface area contributed by atoms with E-state index in [1.807, 2.05) is 0 Å². The van der Waals surface area contributed by atoms with Crippen molar-refractivity contribution in [3.8, 4) is 5.75 Å². The summed E-state index contributed by atoms with van der Waals surface area (Å²) in [6.45, 7) is 1.60. The van der Waals surface area contributed by atoms with Crippen molar-refractivity contribution < 1.29 is 17.9 Å². The van der Waals surface area contributed by atoms with E-state index < -0.39 is 10.0 Å². The average molecular weight is 315 g/mol. The van der Waals surface area contributed by atoms with Crippen molar-refractivity contribution in [2.75, 3.05) is 40.0 Å². The minimum Gasteiger partial charge on any atom is -0.495 e. The van der Waals surface area contributed by atoms with E-state index in [0.29, 0.717) is 5.69 Å². The second-order valence-electron chi connectivity index (χ2n) is 4.63. The van der Waals surface area contributed by atoms with E-state index >= 15 is 0 Å². The largest absolute Gasteiger partial charge is 0.495 e. The summed E-state index contributed by atoms with van der Waals surface area (Å²) in [5.41, 5.74) is 5.97. The minimum atomic E-state index is -3.86. The first-order valence-corrected chi connectivity index (χ1v) is 7.81. The van der Waals surface area contributed by atoms with Gasteiger partial charge in [0.1, 0.15) is 10.6 Å². The van der Waals surface area contributed by atoms with Gasteiger partial charge in [-0.25, -0.2) is 8.42 Å². The van der Waals surface area contributed by atoms with Crippen LogP contribution in [0.5, 0.6) is 5.75 Å². The van der Waals surface area contributed by atoms with Crippen LogP contribution < -0.4 is 10.5 Å². The van der Waals surface area contributed by atoms with Gasteiger partial charge in [0.05, 0.1) is 13.7 Å². The van der Waals surface area contributed by atoms with Crippen molar-refractivity contribution in [1.82, 2.24) is 9.21 Å². The van der Waals surface area contributed by atoms with Crippen LogP contribution in [-0.2, 0) is 14.8 Å². The summed E-state index contributed by atoms with van der Waals surface area (Å²) in [4.78, 5) is 13.1. The Balaban J connectivity index is 3.25. The quantitative estimate of drug-likeness (QED) is 0.766. The number of likely N-dealkylation sites (N-methyl/N-ethyl adjacent to an activating group) is 2. The van der Waals surface area contributed by atoms with Crippen LogP contribution in [0.1, 0.15) is 6.92 Å². The van der Waals surface area contributed by atoms with Gasteiger partial charge in [0, 0.05) is 26.3 Å². The Morgan fingerprint density at radius 2 is 1.95 bits per heavy atom. The van der Waals surface area contributed by atoms with Crippen LogP contribution in [0.25, 0.3) is 0 Å². The number of benzene rings is 1. The van der Waals surface area contributed by atoms with Crippen LogP contribution in [0.2, 0.25) is 0 Å². The minimum absolute atomic E-state index is 0.0431. The number of methoxy groups -OCH3 is 1. The number of nitrogens with two attached hydrogens (primary N) is 1. The lowest BCUT2D eigenvalue weighted by atomic mass is 10.3. The first-order chi connectivity index (χ1) is 9.73. The molecule has 0 saturated carbocycles. The molecule has 0 aliphatic heterocycles. The van der Waals surface area contributed by atoms with Gasteiger partial charge in [0.15, 0.2) is 0 Å². The lowest BCUT2D eigenvalue weighted by Gasteiger charge is -2.23. The number of nitrogens with zero attached hydrogens (tertiary/aromatic N) is 2. The van der Waals surface area contributed by atoms with Crippen molar-refractivity contribution in [2.45, 2.75) is 11.8 Å². The van der Waals surface area contributed by atoms with E-state index in [-0.39, 0.29) is 29.6 Å². The summed E-state index contributed by atoms with van der Waals surface area (Å²) < 4.78 is 31.5. The highest BCUT2D eigenvalue weighted by atomic mass is 32.2. The maximum atomic E-state index is 12.7. The summed E-state index contributed by atoms with van der Waals surface area (Å²) in [5.74, 6) is -0.108. The number of carbonyl (C=O) groups is 1. The van der Waals surface area contributed by atoms with E-state index in [1.165, 1.54) is 24.1 Å². The molecule has 0 heterocycles. The number of rotatable bonds is 6. The molecule has 118 valence electrons. The van der Waals surface area contributed by atoms with Gasteiger partial charge in [-0.1, -0.05) is 6.92 Å². The number of carbonyl (C=O) groups excluding carboxylic acids is 1. The summed E-state index contributed by atoms with van der Waals surface area (Å²) in [6.07, 6.45) is 0. The van der Waals surface area contributed by atoms with Crippen molar-refractivity contribution >= 4 is 21.6 Å². The fraction of sp³-hybridized carbons (Fsp3) is 0.462.